The number of allylic oxidation sites excluding steroid dienone is 1. The number of fused-ring (bicyclic) bond motifs is 1. The van der Waals surface area contributed by atoms with Crippen molar-refractivity contribution in [1.82, 2.24) is 15.6 Å². The number of aliphatic hydroxyl groups excluding tert-OH is 1. The minimum Gasteiger partial charge on any atom is -0.396 e. The minimum atomic E-state index is -1.19. The van der Waals surface area contributed by atoms with Crippen molar-refractivity contribution in [1.29, 1.82) is 0 Å². The van der Waals surface area contributed by atoms with Gasteiger partial charge in [0.1, 0.15) is 11.7 Å². The van der Waals surface area contributed by atoms with E-state index >= 15 is 0 Å². The van der Waals surface area contributed by atoms with Crippen LogP contribution in [0.2, 0.25) is 0 Å². The van der Waals surface area contributed by atoms with E-state index < -0.39 is 12.2 Å². The van der Waals surface area contributed by atoms with Gasteiger partial charge in [-0.2, -0.15) is 0 Å². The Kier molecular flexibility index (Phi) is 7.48. The maximum absolute atomic E-state index is 14.2. The summed E-state index contributed by atoms with van der Waals surface area (Å²) in [7, 11) is 0. The third-order valence-corrected chi connectivity index (χ3v) is 5.25. The summed E-state index contributed by atoms with van der Waals surface area (Å²) >= 11 is 1.18. The molecule has 1 atom stereocenters. The molecule has 0 saturated heterocycles. The van der Waals surface area contributed by atoms with Gasteiger partial charge in [-0.25, -0.2) is 18.6 Å². The summed E-state index contributed by atoms with van der Waals surface area (Å²) in [5.41, 5.74) is 1.58. The van der Waals surface area contributed by atoms with Crippen LogP contribution < -0.4 is 16.0 Å². The predicted octanol–water partition coefficient (Wildman–Crippen LogP) is 3.33. The average Bonchev–Trinajstić information content (AvgIpc) is 3.08. The largest absolute Gasteiger partial charge is 0.396 e. The first-order valence-electron chi connectivity index (χ1n) is 9.40. The number of aromatic nitrogens is 1. The van der Waals surface area contributed by atoms with E-state index in [1.54, 1.807) is 12.3 Å². The van der Waals surface area contributed by atoms with E-state index in [0.717, 1.165) is 18.4 Å². The Morgan fingerprint density at radius 2 is 2.28 bits per heavy atom. The molecule has 1 aromatic carbocycles. The first-order chi connectivity index (χ1) is 14.0. The van der Waals surface area contributed by atoms with Crippen LogP contribution in [0.4, 0.5) is 18.7 Å². The number of carbonyl (C=O) groups excluding carboxylic acids is 1. The van der Waals surface area contributed by atoms with Crippen molar-refractivity contribution in [3.05, 3.63) is 35.8 Å². The highest BCUT2D eigenvalue weighted by Crippen LogP contribution is 2.26. The lowest BCUT2D eigenvalue weighted by molar-refractivity contribution is 0.252. The summed E-state index contributed by atoms with van der Waals surface area (Å²) in [4.78, 5) is 20.3. The molecule has 0 saturated carbocycles. The van der Waals surface area contributed by atoms with Gasteiger partial charge in [0.05, 0.1) is 16.8 Å². The molecule has 2 amide bonds. The van der Waals surface area contributed by atoms with E-state index in [0.29, 0.717) is 28.2 Å². The number of alkyl halides is 1. The van der Waals surface area contributed by atoms with Gasteiger partial charge in [-0.05, 0) is 37.5 Å². The highest BCUT2D eigenvalue weighted by molar-refractivity contribution is 7.22. The number of unbranched alkanes of at least 4 members (excludes halogenated alkanes) is 1. The van der Waals surface area contributed by atoms with Crippen LogP contribution in [0, 0.1) is 5.82 Å². The monoisotopic (exact) mass is 423 g/mol. The fourth-order valence-electron chi connectivity index (χ4n) is 2.87. The summed E-state index contributed by atoms with van der Waals surface area (Å²) in [5, 5.41) is 17.3. The topological polar surface area (TPSA) is 98.6 Å². The fraction of sp³-hybridized carbons (Fsp3) is 0.421. The zero-order valence-electron chi connectivity index (χ0n) is 15.8. The highest BCUT2D eigenvalue weighted by Gasteiger charge is 2.20. The van der Waals surface area contributed by atoms with Crippen LogP contribution in [0.1, 0.15) is 25.7 Å². The Morgan fingerprint density at radius 3 is 3.07 bits per heavy atom. The van der Waals surface area contributed by atoms with Crippen molar-refractivity contribution >= 4 is 38.6 Å². The van der Waals surface area contributed by atoms with Crippen LogP contribution >= 0.6 is 11.3 Å². The van der Waals surface area contributed by atoms with E-state index in [2.05, 4.69) is 25.9 Å². The number of benzene rings is 1. The molecule has 1 unspecified atom stereocenters. The lowest BCUT2D eigenvalue weighted by atomic mass is 10.0. The first kappa shape index (κ1) is 21.1. The lowest BCUT2D eigenvalue weighted by Gasteiger charge is -2.20. The number of amides is 2. The van der Waals surface area contributed by atoms with Crippen LogP contribution in [0.5, 0.6) is 0 Å². The molecule has 1 aromatic heterocycles. The number of nitrogens with one attached hydrogen (secondary N) is 3. The number of hydrogen-bond acceptors (Lipinski definition) is 5. The summed E-state index contributed by atoms with van der Waals surface area (Å²) in [5.74, 6) is -0.0998. The van der Waals surface area contributed by atoms with Crippen LogP contribution in [0.3, 0.4) is 0 Å². The van der Waals surface area contributed by atoms with E-state index in [1.807, 2.05) is 0 Å². The van der Waals surface area contributed by atoms with Gasteiger partial charge in [-0.3, -0.25) is 10.3 Å². The highest BCUT2D eigenvalue weighted by atomic mass is 32.1. The second-order valence-corrected chi connectivity index (χ2v) is 7.61. The molecule has 2 heterocycles. The number of carbonyl (C=O) groups is 1. The van der Waals surface area contributed by atoms with Crippen molar-refractivity contribution in [3.8, 4) is 0 Å². The van der Waals surface area contributed by atoms with Crippen molar-refractivity contribution in [2.75, 3.05) is 25.0 Å². The number of anilines is 1. The van der Waals surface area contributed by atoms with Gasteiger partial charge in [0.15, 0.2) is 11.3 Å². The van der Waals surface area contributed by atoms with E-state index in [9.17, 15) is 13.6 Å². The lowest BCUT2D eigenvalue weighted by Crippen LogP contribution is -2.35. The first-order valence-corrected chi connectivity index (χ1v) is 10.2. The van der Waals surface area contributed by atoms with Crippen LogP contribution in [0.15, 0.2) is 35.0 Å². The maximum Gasteiger partial charge on any atom is 0.321 e. The molecular weight excluding hydrogens is 400 g/mol. The van der Waals surface area contributed by atoms with Crippen LogP contribution in [0.25, 0.3) is 10.2 Å². The standard InChI is InChI=1S/C19H23F2N5O2S/c20-13-4-5-15-16(10-13)29-19(25-15)26-18(28)23-7-6-22-17-14(21)9-12(11-24-17)3-1-2-8-27/h4-5,10-11,14,27H,1-3,6-9H2,(H,22,24)(H2,23,25,26,28). The third kappa shape index (κ3) is 6.20. The molecule has 0 spiro atoms. The molecule has 0 fully saturated rings. The number of hydrogen-bond donors (Lipinski definition) is 4. The quantitative estimate of drug-likeness (QED) is 0.490. The van der Waals surface area contributed by atoms with E-state index in [1.165, 1.54) is 23.5 Å². The minimum absolute atomic E-state index is 0.143. The molecule has 4 N–H and O–H groups in total. The molecule has 10 heteroatoms. The normalized spacial score (nSPS) is 17.8. The molecule has 0 bridgehead atoms. The number of thiazole rings is 1. The predicted molar refractivity (Wildman–Crippen MR) is 111 cm³/mol. The molecule has 7 nitrogen and oxygen atoms in total. The molecule has 29 heavy (non-hydrogen) atoms. The Labute approximate surface area is 170 Å². The molecule has 0 aliphatic carbocycles. The summed E-state index contributed by atoms with van der Waals surface area (Å²) in [6.07, 6.45) is 3.15. The molecule has 2 aromatic rings. The van der Waals surface area contributed by atoms with Gasteiger partial charge in [-0.15, -0.1) is 0 Å². The molecule has 156 valence electrons. The zero-order valence-corrected chi connectivity index (χ0v) is 16.6. The van der Waals surface area contributed by atoms with Crippen molar-refractivity contribution in [2.24, 2.45) is 4.99 Å². The Morgan fingerprint density at radius 1 is 1.41 bits per heavy atom. The number of amidine groups is 1. The van der Waals surface area contributed by atoms with Gasteiger partial charge in [0, 0.05) is 25.8 Å². The van der Waals surface area contributed by atoms with E-state index in [4.69, 9.17) is 5.11 Å². The summed E-state index contributed by atoms with van der Waals surface area (Å²) in [6.45, 7) is 0.607. The molecule has 3 rings (SSSR count). The number of rotatable bonds is 8. The summed E-state index contributed by atoms with van der Waals surface area (Å²) < 4.78 is 28.0. The molecular formula is C19H23F2N5O2S. The van der Waals surface area contributed by atoms with Crippen LogP contribution in [-0.2, 0) is 0 Å². The van der Waals surface area contributed by atoms with Crippen LogP contribution in [-0.4, -0.2) is 47.8 Å². The Hall–Kier alpha value is -2.59. The number of nitrogens with zero attached hydrogens (tertiary/aromatic N) is 2. The zero-order chi connectivity index (χ0) is 20.6. The van der Waals surface area contributed by atoms with Crippen molar-refractivity contribution < 1.29 is 18.7 Å². The molecule has 0 radical (unpaired) electrons. The second-order valence-electron chi connectivity index (χ2n) is 6.58. The number of halogens is 2. The van der Waals surface area contributed by atoms with Gasteiger partial charge >= 0.3 is 6.03 Å². The smallest absolute Gasteiger partial charge is 0.321 e. The van der Waals surface area contributed by atoms with Crippen molar-refractivity contribution in [3.63, 3.8) is 0 Å². The van der Waals surface area contributed by atoms with Gasteiger partial charge in [0.2, 0.25) is 0 Å². The van der Waals surface area contributed by atoms with Gasteiger partial charge in [0.25, 0.3) is 0 Å². The second kappa shape index (κ2) is 10.3. The molecule has 1 aliphatic rings. The van der Waals surface area contributed by atoms with Crippen molar-refractivity contribution in [2.45, 2.75) is 31.9 Å². The maximum atomic E-state index is 14.2. The van der Waals surface area contributed by atoms with Gasteiger partial charge < -0.3 is 15.7 Å². The number of aliphatic imine (C=N–C) groups is 1. The molecule has 1 aliphatic heterocycles. The fourth-order valence-corrected chi connectivity index (χ4v) is 3.76. The van der Waals surface area contributed by atoms with E-state index in [-0.39, 0.29) is 31.3 Å². The third-order valence-electron chi connectivity index (χ3n) is 4.32. The number of aliphatic hydroxyl groups is 1. The Balaban J connectivity index is 1.41. The number of urea groups is 1. The Bertz CT molecular complexity index is 915. The average molecular weight is 423 g/mol. The van der Waals surface area contributed by atoms with Gasteiger partial charge in [-0.1, -0.05) is 16.9 Å². The SMILES string of the molecule is O=C(NCCN=C1NC=C(CCCCO)CC1F)Nc1nc2ccc(F)cc2s1. The summed E-state index contributed by atoms with van der Waals surface area (Å²) in [6, 6.07) is 3.78.